The van der Waals surface area contributed by atoms with Gasteiger partial charge in [-0.25, -0.2) is 0 Å². The second-order valence-electron chi connectivity index (χ2n) is 4.17. The highest BCUT2D eigenvalue weighted by Gasteiger charge is 2.48. The Labute approximate surface area is 124 Å². The molecular weight excluding hydrogens is 321 g/mol. The van der Waals surface area contributed by atoms with Gasteiger partial charge in [-0.3, -0.25) is 4.79 Å². The van der Waals surface area contributed by atoms with Crippen molar-refractivity contribution in [3.8, 4) is 5.75 Å². The van der Waals surface area contributed by atoms with Crippen molar-refractivity contribution in [2.24, 2.45) is 0 Å². The molecule has 0 saturated carbocycles. The van der Waals surface area contributed by atoms with Gasteiger partial charge in [0.2, 0.25) is 0 Å². The van der Waals surface area contributed by atoms with E-state index in [1.54, 1.807) is 18.2 Å². The first-order valence-corrected chi connectivity index (χ1v) is 7.33. The average molecular weight is 330 g/mol. The first-order valence-electron chi connectivity index (χ1n) is 5.92. The minimum atomic E-state index is -5.84. The molecule has 116 valence electrons. The number of carbonyl (C=O) groups is 1. The Morgan fingerprint density at radius 1 is 0.909 bits per heavy atom. The van der Waals surface area contributed by atoms with Crippen LogP contribution in [0, 0.1) is 0 Å². The van der Waals surface area contributed by atoms with Gasteiger partial charge in [-0.1, -0.05) is 42.5 Å². The van der Waals surface area contributed by atoms with Crippen molar-refractivity contribution in [2.75, 3.05) is 0 Å². The summed E-state index contributed by atoms with van der Waals surface area (Å²) in [6.45, 7) is 0. The summed E-state index contributed by atoms with van der Waals surface area (Å²) in [7, 11) is -5.84. The van der Waals surface area contributed by atoms with Crippen LogP contribution < -0.4 is 4.18 Å². The first-order chi connectivity index (χ1) is 10.2. The topological polar surface area (TPSA) is 60.4 Å². The van der Waals surface area contributed by atoms with Gasteiger partial charge in [0.1, 0.15) is 0 Å². The molecule has 0 atom stereocenters. The molecule has 0 aliphatic carbocycles. The molecule has 0 heterocycles. The molecule has 0 aliphatic heterocycles. The fourth-order valence-electron chi connectivity index (χ4n) is 1.64. The van der Waals surface area contributed by atoms with E-state index in [0.717, 1.165) is 6.07 Å². The summed E-state index contributed by atoms with van der Waals surface area (Å²) in [6, 6.07) is 12.6. The van der Waals surface area contributed by atoms with Gasteiger partial charge < -0.3 is 4.18 Å². The van der Waals surface area contributed by atoms with Crippen molar-refractivity contribution in [3.05, 3.63) is 65.7 Å². The van der Waals surface area contributed by atoms with E-state index in [9.17, 15) is 26.4 Å². The van der Waals surface area contributed by atoms with Gasteiger partial charge in [0.05, 0.1) is 5.56 Å². The van der Waals surface area contributed by atoms with E-state index >= 15 is 0 Å². The standard InChI is InChI=1S/C14H9F3O4S/c15-14(16,17)22(19,20)21-12-9-5-4-8-11(12)13(18)10-6-2-1-3-7-10/h1-9H. The number of benzene rings is 2. The van der Waals surface area contributed by atoms with Crippen molar-refractivity contribution < 1.29 is 30.6 Å². The third-order valence-electron chi connectivity index (χ3n) is 2.65. The van der Waals surface area contributed by atoms with Crippen LogP contribution in [0.3, 0.4) is 0 Å². The van der Waals surface area contributed by atoms with Gasteiger partial charge in [-0.2, -0.15) is 21.6 Å². The molecule has 0 radical (unpaired) electrons. The highest BCUT2D eigenvalue weighted by atomic mass is 32.2. The highest BCUT2D eigenvalue weighted by Crippen LogP contribution is 2.29. The molecule has 0 bridgehead atoms. The molecule has 22 heavy (non-hydrogen) atoms. The van der Waals surface area contributed by atoms with Crippen molar-refractivity contribution >= 4 is 15.9 Å². The van der Waals surface area contributed by atoms with Crippen LogP contribution in [0.15, 0.2) is 54.6 Å². The van der Waals surface area contributed by atoms with Crippen LogP contribution in [0.5, 0.6) is 5.75 Å². The number of hydrogen-bond acceptors (Lipinski definition) is 4. The molecular formula is C14H9F3O4S. The SMILES string of the molecule is O=C(c1ccccc1)c1ccccc1OS(=O)(=O)C(F)(F)F. The predicted octanol–water partition coefficient (Wildman–Crippen LogP) is 3.15. The largest absolute Gasteiger partial charge is 0.534 e. The van der Waals surface area contributed by atoms with Crippen LogP contribution in [0.25, 0.3) is 0 Å². The number of carbonyl (C=O) groups excluding carboxylic acids is 1. The lowest BCUT2D eigenvalue weighted by molar-refractivity contribution is -0.0500. The molecule has 0 aliphatic rings. The van der Waals surface area contributed by atoms with Crippen LogP contribution in [0.1, 0.15) is 15.9 Å². The molecule has 2 aromatic carbocycles. The Hall–Kier alpha value is -2.35. The summed E-state index contributed by atoms with van der Waals surface area (Å²) >= 11 is 0. The number of para-hydroxylation sites is 1. The molecule has 4 nitrogen and oxygen atoms in total. The quantitative estimate of drug-likeness (QED) is 0.491. The molecule has 0 unspecified atom stereocenters. The molecule has 8 heteroatoms. The highest BCUT2D eigenvalue weighted by molar-refractivity contribution is 7.88. The number of halogens is 3. The van der Waals surface area contributed by atoms with Crippen LogP contribution in [0.4, 0.5) is 13.2 Å². The predicted molar refractivity (Wildman–Crippen MR) is 71.9 cm³/mol. The van der Waals surface area contributed by atoms with Gasteiger partial charge in [-0.05, 0) is 12.1 Å². The Morgan fingerprint density at radius 2 is 1.45 bits per heavy atom. The molecule has 0 spiro atoms. The van der Waals surface area contributed by atoms with Crippen LogP contribution in [0.2, 0.25) is 0 Å². The van der Waals surface area contributed by atoms with Gasteiger partial charge in [0, 0.05) is 5.56 Å². The maximum absolute atomic E-state index is 12.4. The number of rotatable bonds is 4. The zero-order chi connectivity index (χ0) is 16.4. The molecule has 0 saturated heterocycles. The van der Waals surface area contributed by atoms with E-state index in [1.807, 2.05) is 0 Å². The van der Waals surface area contributed by atoms with E-state index in [4.69, 9.17) is 0 Å². The summed E-state index contributed by atoms with van der Waals surface area (Å²) in [5.74, 6) is -1.32. The Morgan fingerprint density at radius 3 is 2.05 bits per heavy atom. The zero-order valence-corrected chi connectivity index (χ0v) is 11.7. The van der Waals surface area contributed by atoms with Crippen molar-refractivity contribution in [2.45, 2.75) is 5.51 Å². The first kappa shape index (κ1) is 16.0. The summed E-state index contributed by atoms with van der Waals surface area (Å²) in [5.41, 5.74) is -5.65. The lowest BCUT2D eigenvalue weighted by Gasteiger charge is -2.12. The fraction of sp³-hybridized carbons (Fsp3) is 0.0714. The Bertz CT molecular complexity index is 783. The smallest absolute Gasteiger partial charge is 0.375 e. The number of ketones is 1. The van der Waals surface area contributed by atoms with E-state index in [2.05, 4.69) is 4.18 Å². The van der Waals surface area contributed by atoms with Gasteiger partial charge in [-0.15, -0.1) is 0 Å². The summed E-state index contributed by atoms with van der Waals surface area (Å²) < 4.78 is 63.3. The van der Waals surface area contributed by atoms with Gasteiger partial charge >= 0.3 is 15.6 Å². The zero-order valence-electron chi connectivity index (χ0n) is 10.9. The van der Waals surface area contributed by atoms with Crippen molar-refractivity contribution in [1.82, 2.24) is 0 Å². The van der Waals surface area contributed by atoms with E-state index < -0.39 is 27.2 Å². The molecule has 0 aromatic heterocycles. The van der Waals surface area contributed by atoms with Crippen LogP contribution in [-0.4, -0.2) is 19.7 Å². The minimum absolute atomic E-state index is 0.197. The second-order valence-corrected chi connectivity index (χ2v) is 5.71. The number of hydrogen-bond donors (Lipinski definition) is 0. The summed E-state index contributed by atoms with van der Waals surface area (Å²) in [5, 5.41) is 0. The molecule has 2 aromatic rings. The maximum Gasteiger partial charge on any atom is 0.534 e. The van der Waals surface area contributed by atoms with Gasteiger partial charge in [0.25, 0.3) is 0 Å². The average Bonchev–Trinajstić information content (AvgIpc) is 2.46. The molecule has 0 fully saturated rings. The third kappa shape index (κ3) is 3.28. The lowest BCUT2D eigenvalue weighted by Crippen LogP contribution is -2.28. The van der Waals surface area contributed by atoms with E-state index in [1.165, 1.54) is 30.3 Å². The van der Waals surface area contributed by atoms with E-state index in [0.29, 0.717) is 0 Å². The van der Waals surface area contributed by atoms with E-state index in [-0.39, 0.29) is 11.1 Å². The third-order valence-corrected chi connectivity index (χ3v) is 3.62. The van der Waals surface area contributed by atoms with Crippen LogP contribution in [-0.2, 0) is 10.1 Å². The molecule has 2 rings (SSSR count). The lowest BCUT2D eigenvalue weighted by atomic mass is 10.0. The molecule has 0 N–H and O–H groups in total. The van der Waals surface area contributed by atoms with Crippen molar-refractivity contribution in [3.63, 3.8) is 0 Å². The normalized spacial score (nSPS) is 12.0. The maximum atomic E-state index is 12.4. The summed E-state index contributed by atoms with van der Waals surface area (Å²) in [4.78, 5) is 12.2. The Balaban J connectivity index is 2.43. The summed E-state index contributed by atoms with van der Waals surface area (Å²) in [6.07, 6.45) is 0. The fourth-order valence-corrected chi connectivity index (χ4v) is 2.11. The van der Waals surface area contributed by atoms with Gasteiger partial charge in [0.15, 0.2) is 11.5 Å². The Kier molecular flexibility index (Phi) is 4.23. The second kappa shape index (κ2) is 5.80. The minimum Gasteiger partial charge on any atom is -0.375 e. The van der Waals surface area contributed by atoms with Crippen LogP contribution >= 0.6 is 0 Å². The molecule has 0 amide bonds. The van der Waals surface area contributed by atoms with Crippen molar-refractivity contribution in [1.29, 1.82) is 0 Å². The number of alkyl halides is 3. The monoisotopic (exact) mass is 330 g/mol.